The van der Waals surface area contributed by atoms with Gasteiger partial charge in [-0.05, 0) is 75.4 Å². The van der Waals surface area contributed by atoms with Crippen LogP contribution < -0.4 is 43.0 Å². The first-order valence-electron chi connectivity index (χ1n) is 38.2. The molecule has 42 heteroatoms. The van der Waals surface area contributed by atoms with Crippen LogP contribution in [0.1, 0.15) is 174 Å². The van der Waals surface area contributed by atoms with Crippen molar-refractivity contribution >= 4 is 47.3 Å². The molecule has 0 unspecified atom stereocenters. The first-order valence-corrected chi connectivity index (χ1v) is 38.2. The summed E-state index contributed by atoms with van der Waals surface area (Å²) in [6.45, 7) is 6.90. The molecule has 16 rings (SSSR count). The van der Waals surface area contributed by atoms with E-state index in [0.717, 1.165) is 36.7 Å². The van der Waals surface area contributed by atoms with Gasteiger partial charge in [-0.3, -0.25) is 57.5 Å². The summed E-state index contributed by atoms with van der Waals surface area (Å²) in [6, 6.07) is 4.20. The molecule has 8 aliphatic heterocycles. The highest BCUT2D eigenvalue weighted by Crippen LogP contribution is 2.41. The summed E-state index contributed by atoms with van der Waals surface area (Å²) in [7, 11) is 3.03. The van der Waals surface area contributed by atoms with Gasteiger partial charge in [0.1, 0.15) is 80.4 Å². The van der Waals surface area contributed by atoms with Gasteiger partial charge < -0.3 is 98.5 Å². The van der Waals surface area contributed by atoms with E-state index >= 15 is 0 Å². The lowest BCUT2D eigenvalue weighted by molar-refractivity contribution is -0.0350. The lowest BCUT2D eigenvalue weighted by Crippen LogP contribution is -2.51. The number of aromatic hydroxyl groups is 4. The van der Waals surface area contributed by atoms with Crippen molar-refractivity contribution in [3.63, 3.8) is 0 Å². The molecule has 0 aliphatic carbocycles. The van der Waals surface area contributed by atoms with E-state index in [-0.39, 0.29) is 77.9 Å². The van der Waals surface area contributed by atoms with Crippen molar-refractivity contribution in [3.8, 4) is 23.0 Å². The van der Waals surface area contributed by atoms with E-state index in [9.17, 15) is 122 Å². The summed E-state index contributed by atoms with van der Waals surface area (Å²) in [6.07, 6.45) is 5.04. The number of likely N-dealkylation sites (N-methyl/N-ethyl adjacent to an activating group) is 3. The molecule has 4 saturated heterocycles. The molecule has 4 fully saturated rings. The number of rotatable bonds is 15. The Balaban J connectivity index is 0.000000141. The Morgan fingerprint density at radius 1 is 0.382 bits per heavy atom. The number of benzene rings is 4. The maximum absolute atomic E-state index is 14.0. The third-order valence-corrected chi connectivity index (χ3v) is 22.2. The molecule has 8 N–H and O–H groups in total. The van der Waals surface area contributed by atoms with Gasteiger partial charge in [0.2, 0.25) is 21.7 Å². The molecular weight excluding hydrogens is 1650 g/mol. The summed E-state index contributed by atoms with van der Waals surface area (Å²) in [5.41, 5.74) is -8.16. The zero-order valence-corrected chi connectivity index (χ0v) is 65.8. The Hall–Kier alpha value is -13.2. The largest absolute Gasteiger partial charge is 0.503 e. The summed E-state index contributed by atoms with van der Waals surface area (Å²) >= 11 is 0. The van der Waals surface area contributed by atoms with Crippen LogP contribution in [0.4, 0.5) is 43.9 Å². The second-order valence-corrected chi connectivity index (χ2v) is 29.7. The molecule has 8 aliphatic rings. The van der Waals surface area contributed by atoms with Gasteiger partial charge in [-0.1, -0.05) is 6.92 Å². The van der Waals surface area contributed by atoms with Gasteiger partial charge in [-0.25, -0.2) is 43.9 Å². The van der Waals surface area contributed by atoms with Gasteiger partial charge >= 0.3 is 0 Å². The van der Waals surface area contributed by atoms with Gasteiger partial charge in [-0.2, -0.15) is 0 Å². The van der Waals surface area contributed by atoms with E-state index in [0.29, 0.717) is 87.6 Å². The highest BCUT2D eigenvalue weighted by Gasteiger charge is 2.49. The molecule has 12 heterocycles. The lowest BCUT2D eigenvalue weighted by Gasteiger charge is -2.39. The molecule has 4 aromatic carbocycles. The first-order chi connectivity index (χ1) is 58.4. The number of amides is 8. The average molecular weight is 1730 g/mol. The summed E-state index contributed by atoms with van der Waals surface area (Å²) in [5.74, 6) is -20.0. The molecule has 0 spiro atoms. The zero-order chi connectivity index (χ0) is 89.1. The molecule has 8 aromatic rings. The Morgan fingerprint density at radius 2 is 0.667 bits per heavy atom. The molecule has 0 bridgehead atoms. The smallest absolute Gasteiger partial charge is 0.276 e. The third-order valence-electron chi connectivity index (χ3n) is 22.2. The molecule has 0 saturated carbocycles. The minimum atomic E-state index is -1.20. The zero-order valence-electron chi connectivity index (χ0n) is 65.8. The monoisotopic (exact) mass is 1730 g/mol. The van der Waals surface area contributed by atoms with Crippen LogP contribution in [-0.2, 0) is 45.1 Å². The minimum absolute atomic E-state index is 0.203. The molecule has 32 nitrogen and oxygen atoms in total. The fourth-order valence-electron chi connectivity index (χ4n) is 15.9. The van der Waals surface area contributed by atoms with Crippen LogP contribution in [0.15, 0.2) is 92.5 Å². The van der Waals surface area contributed by atoms with Crippen molar-refractivity contribution in [1.29, 1.82) is 0 Å². The van der Waals surface area contributed by atoms with E-state index in [1.54, 1.807) is 14.0 Å². The summed E-state index contributed by atoms with van der Waals surface area (Å²) in [5, 5.41) is 50.6. The average Bonchev–Trinajstić information content (AvgIpc) is 1.74. The molecule has 8 atom stereocenters. The number of hydrogen-bond acceptors (Lipinski definition) is 20. The second kappa shape index (κ2) is 35.1. The number of ether oxygens (including phenoxy) is 4. The molecule has 123 heavy (non-hydrogen) atoms. The van der Waals surface area contributed by atoms with Crippen molar-refractivity contribution in [3.05, 3.63) is 251 Å². The molecule has 4 aromatic heterocycles. The predicted molar refractivity (Wildman–Crippen MR) is 405 cm³/mol. The standard InChI is InChI=1S/C21H20F3N3O5.C21H21F2N3O5.C20H19F2N3O5.C19H16F3N3O5/c1-2-4-26-20(31)16-18(29)17(28)12(9-27(16)15-3-5-32-21(15)26)19(30)25-8-11-13(23)6-10(22)7-14(11)24;1-3-25-15-8-31-9-16(15)26-7-12(18(27)19(28)17(26)21(25)30)20(29)24-6-11-13(22)4-10(2)5-14(11)23;1-9-3-12(21)10(13(22)4-9)5-23-19(28)11-6-25-15-8-30-7-14(15)24(2)20(29)16(25)18(27)17(11)26;1-24-18(29)14-16(27)15(26)10(7-25(14)13-2-3-30-19(13)24)17(28)23-6-9-11(21)4-8(20)5-12(9)22/h6-7,9,15,21,29H,2-5,8H2,1H3,(H,25,30);4-5,7,15-16,28H,3,6,8-9H2,1-2H3,(H,24,29);3-4,6,14-15,27H,5,7-8H2,1-2H3,(H,23,28);4-5,7,13,19,27H,2-3,6H2,1H3,(H,23,28)/t15-,21+;15-,16+;14-,15+;13-,19+/m1001/s1. The van der Waals surface area contributed by atoms with Crippen molar-refractivity contribution in [1.82, 2.24) is 59.1 Å². The van der Waals surface area contributed by atoms with Gasteiger partial charge in [-0.15, -0.1) is 0 Å². The van der Waals surface area contributed by atoms with Crippen LogP contribution in [0.2, 0.25) is 0 Å². The molecular formula is C81H76F10N12O20. The number of carbonyl (C=O) groups is 8. The number of pyridine rings is 4. The Labute approximate surface area is 687 Å². The Morgan fingerprint density at radius 3 is 1.02 bits per heavy atom. The highest BCUT2D eigenvalue weighted by molar-refractivity contribution is 6.02. The maximum Gasteiger partial charge on any atom is 0.276 e. The van der Waals surface area contributed by atoms with Crippen molar-refractivity contribution in [2.45, 2.75) is 122 Å². The number of nitrogens with zero attached hydrogens (tertiary/aromatic N) is 8. The number of carbonyl (C=O) groups excluding carboxylic acids is 8. The minimum Gasteiger partial charge on any atom is -0.503 e. The fraction of sp³-hybridized carbons (Fsp3) is 0.358. The van der Waals surface area contributed by atoms with Crippen molar-refractivity contribution < 1.29 is 122 Å². The maximum atomic E-state index is 14.0. The van der Waals surface area contributed by atoms with E-state index in [1.807, 2.05) is 6.92 Å². The van der Waals surface area contributed by atoms with Gasteiger partial charge in [0, 0.05) is 125 Å². The number of fused-ring (bicyclic) bond motifs is 12. The SMILES string of the molecule is CCCN1C(=O)c2c(O)c(=O)c(C(=O)NCc3c(F)cc(F)cc3F)cn2[C@@H]2CCO[C@@H]21.CCN1C(=O)c2c(O)c(=O)c(C(=O)NCc3c(F)cc(C)cc3F)cn2[C@@H]2COC[C@@H]21.CN1C(=O)c2c(O)c(=O)c(C(=O)NCc3c(F)cc(F)cc3F)cn2[C@@H]2CCO[C@@H]21.Cc1cc(F)c(CNC(=O)c2cn3c(c(O)c2=O)C(=O)N(C)[C@H]2COC[C@H]23)c(F)c1. The number of halogens is 10. The summed E-state index contributed by atoms with van der Waals surface area (Å²) in [4.78, 5) is 157. The Kier molecular flexibility index (Phi) is 25.0. The lowest BCUT2D eigenvalue weighted by atomic mass is 10.0. The van der Waals surface area contributed by atoms with Crippen molar-refractivity contribution in [2.75, 3.05) is 66.8 Å². The summed E-state index contributed by atoms with van der Waals surface area (Å²) < 4.78 is 165. The second-order valence-electron chi connectivity index (χ2n) is 29.7. The predicted octanol–water partition coefficient (Wildman–Crippen LogP) is 5.91. The number of hydrogen-bond donors (Lipinski definition) is 8. The van der Waals surface area contributed by atoms with E-state index in [1.165, 1.54) is 71.2 Å². The number of aromatic nitrogens is 4. The Bertz CT molecular complexity index is 5740. The van der Waals surface area contributed by atoms with E-state index in [2.05, 4.69) is 21.3 Å². The van der Waals surface area contributed by atoms with Gasteiger partial charge in [0.05, 0.1) is 75.9 Å². The number of aryl methyl sites for hydroxylation is 2. The topological polar surface area (TPSA) is 403 Å². The third kappa shape index (κ3) is 16.3. The van der Waals surface area contributed by atoms with Crippen LogP contribution >= 0.6 is 0 Å². The van der Waals surface area contributed by atoms with Crippen LogP contribution in [0, 0.1) is 72.0 Å². The first kappa shape index (κ1) is 87.6. The van der Waals surface area contributed by atoms with E-state index < -0.39 is 234 Å². The van der Waals surface area contributed by atoms with Crippen LogP contribution in [-0.4, -0.2) is 197 Å². The normalized spacial score (nSPS) is 19.9. The van der Waals surface area contributed by atoms with Crippen LogP contribution in [0.5, 0.6) is 23.0 Å². The molecule has 0 radical (unpaired) electrons. The highest BCUT2D eigenvalue weighted by atomic mass is 19.2. The fourth-order valence-corrected chi connectivity index (χ4v) is 15.9. The van der Waals surface area contributed by atoms with Crippen LogP contribution in [0.25, 0.3) is 0 Å². The quantitative estimate of drug-likeness (QED) is 0.0553. The van der Waals surface area contributed by atoms with E-state index in [4.69, 9.17) is 18.9 Å². The van der Waals surface area contributed by atoms with Gasteiger partial charge in [0.25, 0.3) is 47.3 Å². The number of nitrogens with one attached hydrogen (secondary N) is 4. The van der Waals surface area contributed by atoms with Gasteiger partial charge in [0.15, 0.2) is 58.2 Å². The van der Waals surface area contributed by atoms with Crippen LogP contribution in [0.3, 0.4) is 0 Å². The molecule has 8 amide bonds. The molecule has 650 valence electrons. The van der Waals surface area contributed by atoms with Crippen molar-refractivity contribution in [2.24, 2.45) is 0 Å².